The van der Waals surface area contributed by atoms with E-state index in [0.717, 1.165) is 34.2 Å². The van der Waals surface area contributed by atoms with E-state index in [2.05, 4.69) is 40.2 Å². The van der Waals surface area contributed by atoms with E-state index in [0.29, 0.717) is 5.92 Å². The maximum atomic E-state index is 11.2. The van der Waals surface area contributed by atoms with Crippen LogP contribution in [0.25, 0.3) is 10.9 Å². The zero-order valence-electron chi connectivity index (χ0n) is 17.8. The standard InChI is InChI=1S/C26H28N2O3/c1-2-5-20(16-26(29)30)19-10-12-23(13-11-19)31-25(14-18-6-3-4-7-18)21-8-9-22-17-27-28-24(22)15-21/h8-13,15,17-18,20,25H,3-4,6-7,14,16H2,1H3,(H,27,28)(H,29,30). The molecule has 1 aromatic heterocycles. The number of hydrogen-bond acceptors (Lipinski definition) is 3. The van der Waals surface area contributed by atoms with Crippen LogP contribution in [0.2, 0.25) is 0 Å². The number of nitrogens with zero attached hydrogens (tertiary/aromatic N) is 1. The number of aliphatic carboxylic acids is 1. The van der Waals surface area contributed by atoms with Crippen LogP contribution < -0.4 is 4.74 Å². The van der Waals surface area contributed by atoms with Crippen molar-refractivity contribution >= 4 is 16.9 Å². The molecule has 1 saturated carbocycles. The number of aromatic amines is 1. The molecular formula is C26H28N2O3. The summed E-state index contributed by atoms with van der Waals surface area (Å²) in [7, 11) is 0. The second kappa shape index (κ2) is 9.70. The molecule has 0 aliphatic heterocycles. The molecule has 0 radical (unpaired) electrons. The molecule has 0 bridgehead atoms. The van der Waals surface area contributed by atoms with Crippen molar-refractivity contribution in [2.45, 2.75) is 57.5 Å². The highest BCUT2D eigenvalue weighted by Crippen LogP contribution is 2.36. The number of nitrogens with one attached hydrogen (secondary N) is 1. The van der Waals surface area contributed by atoms with Gasteiger partial charge in [-0.3, -0.25) is 9.89 Å². The average Bonchev–Trinajstić information content (AvgIpc) is 3.44. The molecule has 1 fully saturated rings. The summed E-state index contributed by atoms with van der Waals surface area (Å²) < 4.78 is 6.48. The Hall–Kier alpha value is -3.26. The molecular weight excluding hydrogens is 388 g/mol. The van der Waals surface area contributed by atoms with Gasteiger partial charge < -0.3 is 9.84 Å². The smallest absolute Gasteiger partial charge is 0.304 e. The minimum Gasteiger partial charge on any atom is -0.486 e. The number of aromatic nitrogens is 2. The Balaban J connectivity index is 1.55. The Bertz CT molecular complexity index is 1090. The molecule has 1 heterocycles. The van der Waals surface area contributed by atoms with E-state index in [1.165, 1.54) is 25.7 Å². The van der Waals surface area contributed by atoms with E-state index >= 15 is 0 Å². The van der Waals surface area contributed by atoms with Crippen LogP contribution in [0, 0.1) is 17.8 Å². The highest BCUT2D eigenvalue weighted by molar-refractivity contribution is 5.78. The summed E-state index contributed by atoms with van der Waals surface area (Å²) in [6, 6.07) is 14.1. The Morgan fingerprint density at radius 3 is 2.65 bits per heavy atom. The van der Waals surface area contributed by atoms with Crippen LogP contribution >= 0.6 is 0 Å². The van der Waals surface area contributed by atoms with Gasteiger partial charge in [-0.15, -0.1) is 5.92 Å². The summed E-state index contributed by atoms with van der Waals surface area (Å²) in [6.45, 7) is 1.73. The van der Waals surface area contributed by atoms with Gasteiger partial charge in [0.2, 0.25) is 0 Å². The lowest BCUT2D eigenvalue weighted by molar-refractivity contribution is -0.137. The molecule has 0 saturated heterocycles. The molecule has 2 atom stereocenters. The SMILES string of the molecule is CC#CC(CC(=O)O)c1ccc(OC(CC2CCCC2)c2ccc3cn[nH]c3c2)cc1. The Morgan fingerprint density at radius 1 is 1.19 bits per heavy atom. The summed E-state index contributed by atoms with van der Waals surface area (Å²) in [5.41, 5.74) is 3.06. The van der Waals surface area contributed by atoms with Gasteiger partial charge in [0.25, 0.3) is 0 Å². The first-order valence-electron chi connectivity index (χ1n) is 11.0. The number of fused-ring (bicyclic) bond motifs is 1. The molecule has 0 amide bonds. The number of carboxylic acids is 1. The number of carbonyl (C=O) groups is 1. The van der Waals surface area contributed by atoms with E-state index in [1.807, 2.05) is 30.5 Å². The maximum absolute atomic E-state index is 11.2. The van der Waals surface area contributed by atoms with Crippen molar-refractivity contribution in [3.63, 3.8) is 0 Å². The Kier molecular flexibility index (Phi) is 6.57. The normalized spacial score (nSPS) is 15.9. The van der Waals surface area contributed by atoms with Crippen LogP contribution in [-0.2, 0) is 4.79 Å². The summed E-state index contributed by atoms with van der Waals surface area (Å²) in [4.78, 5) is 11.2. The molecule has 31 heavy (non-hydrogen) atoms. The third-order valence-corrected chi connectivity index (χ3v) is 6.12. The minimum atomic E-state index is -0.848. The lowest BCUT2D eigenvalue weighted by Gasteiger charge is -2.23. The van der Waals surface area contributed by atoms with Gasteiger partial charge in [0.15, 0.2) is 0 Å². The van der Waals surface area contributed by atoms with Crippen LogP contribution in [0.4, 0.5) is 0 Å². The lowest BCUT2D eigenvalue weighted by atomic mass is 9.94. The second-order valence-corrected chi connectivity index (χ2v) is 8.32. The zero-order valence-corrected chi connectivity index (χ0v) is 17.8. The summed E-state index contributed by atoms with van der Waals surface area (Å²) in [6.07, 6.45) is 7.91. The molecule has 0 spiro atoms. The van der Waals surface area contributed by atoms with Crippen LogP contribution in [-0.4, -0.2) is 21.3 Å². The fourth-order valence-corrected chi connectivity index (χ4v) is 4.50. The van der Waals surface area contributed by atoms with E-state index in [4.69, 9.17) is 9.84 Å². The Morgan fingerprint density at radius 2 is 1.94 bits per heavy atom. The second-order valence-electron chi connectivity index (χ2n) is 8.32. The third-order valence-electron chi connectivity index (χ3n) is 6.12. The predicted octanol–water partition coefficient (Wildman–Crippen LogP) is 5.84. The first-order chi connectivity index (χ1) is 15.1. The Labute approximate surface area is 182 Å². The van der Waals surface area contributed by atoms with Crippen LogP contribution in [0.5, 0.6) is 5.75 Å². The number of benzene rings is 2. The number of ether oxygens (including phenoxy) is 1. The number of rotatable bonds is 8. The molecule has 5 heteroatoms. The molecule has 160 valence electrons. The summed E-state index contributed by atoms with van der Waals surface area (Å²) >= 11 is 0. The summed E-state index contributed by atoms with van der Waals surface area (Å²) in [5.74, 6) is 6.15. The first-order valence-corrected chi connectivity index (χ1v) is 11.0. The van der Waals surface area contributed by atoms with Gasteiger partial charge in [-0.2, -0.15) is 5.10 Å². The quantitative estimate of drug-likeness (QED) is 0.452. The monoisotopic (exact) mass is 416 g/mol. The maximum Gasteiger partial charge on any atom is 0.304 e. The predicted molar refractivity (Wildman–Crippen MR) is 121 cm³/mol. The largest absolute Gasteiger partial charge is 0.486 e. The first kappa shape index (κ1) is 21.0. The molecule has 2 N–H and O–H groups in total. The van der Waals surface area contributed by atoms with Crippen LogP contribution in [0.15, 0.2) is 48.7 Å². The van der Waals surface area contributed by atoms with Crippen molar-refractivity contribution in [2.24, 2.45) is 5.92 Å². The summed E-state index contributed by atoms with van der Waals surface area (Å²) in [5, 5.41) is 17.4. The molecule has 1 aliphatic rings. The number of hydrogen-bond donors (Lipinski definition) is 2. The van der Waals surface area contributed by atoms with Crippen molar-refractivity contribution in [2.75, 3.05) is 0 Å². The van der Waals surface area contributed by atoms with Crippen molar-refractivity contribution in [3.05, 3.63) is 59.8 Å². The number of carboxylic acid groups (broad SMARTS) is 1. The van der Waals surface area contributed by atoms with Crippen LogP contribution in [0.3, 0.4) is 0 Å². The molecule has 5 nitrogen and oxygen atoms in total. The number of H-pyrrole nitrogens is 1. The van der Waals surface area contributed by atoms with Gasteiger partial charge in [0.05, 0.1) is 24.1 Å². The van der Waals surface area contributed by atoms with Gasteiger partial charge in [-0.1, -0.05) is 55.9 Å². The van der Waals surface area contributed by atoms with E-state index in [1.54, 1.807) is 6.92 Å². The zero-order chi connectivity index (χ0) is 21.6. The van der Waals surface area contributed by atoms with E-state index in [-0.39, 0.29) is 18.4 Å². The van der Waals surface area contributed by atoms with Gasteiger partial charge in [-0.25, -0.2) is 0 Å². The average molecular weight is 417 g/mol. The van der Waals surface area contributed by atoms with Gasteiger partial charge >= 0.3 is 5.97 Å². The fraction of sp³-hybridized carbons (Fsp3) is 0.385. The van der Waals surface area contributed by atoms with Crippen LogP contribution in [0.1, 0.15) is 68.6 Å². The highest BCUT2D eigenvalue weighted by atomic mass is 16.5. The van der Waals surface area contributed by atoms with E-state index in [9.17, 15) is 4.79 Å². The molecule has 2 unspecified atom stereocenters. The van der Waals surface area contributed by atoms with Crippen molar-refractivity contribution in [1.82, 2.24) is 10.2 Å². The topological polar surface area (TPSA) is 75.2 Å². The van der Waals surface area contributed by atoms with Crippen molar-refractivity contribution in [1.29, 1.82) is 0 Å². The minimum absolute atomic E-state index is 0.00442. The van der Waals surface area contributed by atoms with Crippen molar-refractivity contribution < 1.29 is 14.6 Å². The highest BCUT2D eigenvalue weighted by Gasteiger charge is 2.23. The molecule has 2 aromatic carbocycles. The molecule has 4 rings (SSSR count). The molecule has 3 aromatic rings. The lowest BCUT2D eigenvalue weighted by Crippen LogP contribution is -2.12. The fourth-order valence-electron chi connectivity index (χ4n) is 4.50. The third kappa shape index (κ3) is 5.27. The van der Waals surface area contributed by atoms with Gasteiger partial charge in [0.1, 0.15) is 11.9 Å². The van der Waals surface area contributed by atoms with E-state index < -0.39 is 5.97 Å². The van der Waals surface area contributed by atoms with Gasteiger partial charge in [-0.05, 0) is 48.6 Å². The van der Waals surface area contributed by atoms with Crippen molar-refractivity contribution in [3.8, 4) is 17.6 Å². The molecule has 1 aliphatic carbocycles. The van der Waals surface area contributed by atoms with Gasteiger partial charge in [0, 0.05) is 5.39 Å².